The van der Waals surface area contributed by atoms with E-state index in [4.69, 9.17) is 0 Å². The predicted molar refractivity (Wildman–Crippen MR) is 125 cm³/mol. The van der Waals surface area contributed by atoms with Crippen molar-refractivity contribution >= 4 is 34.9 Å². The van der Waals surface area contributed by atoms with Gasteiger partial charge >= 0.3 is 5.97 Å². The molecule has 6 heteroatoms. The van der Waals surface area contributed by atoms with E-state index in [2.05, 4.69) is 56.2 Å². The van der Waals surface area contributed by atoms with Crippen molar-refractivity contribution in [2.45, 2.75) is 66.3 Å². The molecule has 0 spiro atoms. The van der Waals surface area contributed by atoms with Gasteiger partial charge in [-0.15, -0.1) is 11.3 Å². The molecule has 0 aromatic carbocycles. The number of nitrogens with zero attached hydrogens (tertiary/aromatic N) is 1. The Hall–Kier alpha value is -1.53. The molecular weight excluding hydrogens is 388 g/mol. The van der Waals surface area contributed by atoms with Crippen LogP contribution < -0.4 is 5.32 Å². The summed E-state index contributed by atoms with van der Waals surface area (Å²) in [5.74, 6) is 1.15. The molecule has 1 unspecified atom stereocenters. The minimum absolute atomic E-state index is 0.513. The van der Waals surface area contributed by atoms with Gasteiger partial charge in [0, 0.05) is 16.9 Å². The summed E-state index contributed by atoms with van der Waals surface area (Å²) in [6, 6.07) is -0.619. The summed E-state index contributed by atoms with van der Waals surface area (Å²) < 4.78 is 0. The zero-order valence-corrected chi connectivity index (χ0v) is 19.4. The lowest BCUT2D eigenvalue weighted by Gasteiger charge is -2.13. The summed E-state index contributed by atoms with van der Waals surface area (Å²) in [4.78, 5) is 15.7. The van der Waals surface area contributed by atoms with Crippen LogP contribution in [0.5, 0.6) is 0 Å². The molecule has 0 saturated heterocycles. The maximum Gasteiger partial charge on any atom is 0.327 e. The van der Waals surface area contributed by atoms with Gasteiger partial charge in [-0.2, -0.15) is 11.8 Å². The highest BCUT2D eigenvalue weighted by molar-refractivity contribution is 7.99. The first-order valence-electron chi connectivity index (χ1n) is 9.71. The highest BCUT2D eigenvalue weighted by Gasteiger charge is 2.17. The Morgan fingerprint density at radius 1 is 1.18 bits per heavy atom. The van der Waals surface area contributed by atoms with E-state index in [0.717, 1.165) is 36.4 Å². The zero-order valence-electron chi connectivity index (χ0n) is 17.7. The first-order valence-corrected chi connectivity index (χ1v) is 11.7. The fourth-order valence-electron chi connectivity index (χ4n) is 2.51. The van der Waals surface area contributed by atoms with Crippen LogP contribution in [0.1, 0.15) is 58.4 Å². The molecule has 4 nitrogen and oxygen atoms in total. The first kappa shape index (κ1) is 24.5. The topological polar surface area (TPSA) is 62.2 Å². The number of carboxylic acids is 1. The number of hydrogen-bond acceptors (Lipinski definition) is 5. The van der Waals surface area contributed by atoms with Crippen molar-refractivity contribution in [2.75, 3.05) is 16.8 Å². The lowest BCUT2D eigenvalue weighted by atomic mass is 10.1. The zero-order chi connectivity index (χ0) is 20.9. The van der Waals surface area contributed by atoms with Crippen molar-refractivity contribution in [1.29, 1.82) is 0 Å². The summed E-state index contributed by atoms with van der Waals surface area (Å²) >= 11 is 3.15. The molecule has 156 valence electrons. The molecule has 0 fully saturated rings. The average Bonchev–Trinajstić information content (AvgIpc) is 3.02. The highest BCUT2D eigenvalue weighted by atomic mass is 32.2. The van der Waals surface area contributed by atoms with Crippen LogP contribution in [0.4, 0.5) is 5.82 Å². The standard InChI is InChI=1S/C22H34N2O2S2/c1-16(2)8-6-9-17(3)10-7-11-18(4)12-13-27-14-20(22(25)26)24-21-15-28-19(5)23-21/h8,10,12,15,20,24H,6-7,9,11,13-14H2,1-5H3,(H,25,26)/b17-10+,18-12+. The third-order valence-electron chi connectivity index (χ3n) is 4.20. The normalized spacial score (nSPS) is 13.3. The van der Waals surface area contributed by atoms with Crippen LogP contribution in [-0.2, 0) is 4.79 Å². The van der Waals surface area contributed by atoms with Crippen LogP contribution in [-0.4, -0.2) is 33.6 Å². The van der Waals surface area contributed by atoms with Gasteiger partial charge in [0.15, 0.2) is 0 Å². The molecule has 0 saturated carbocycles. The number of allylic oxidation sites excluding steroid dienone is 5. The Morgan fingerprint density at radius 2 is 1.82 bits per heavy atom. The maximum absolute atomic E-state index is 11.4. The van der Waals surface area contributed by atoms with Gasteiger partial charge in [-0.3, -0.25) is 0 Å². The molecule has 0 aliphatic heterocycles. The van der Waals surface area contributed by atoms with Crippen LogP contribution in [0.2, 0.25) is 0 Å². The summed E-state index contributed by atoms with van der Waals surface area (Å²) in [6.07, 6.45) is 11.2. The minimum Gasteiger partial charge on any atom is -0.480 e. The molecule has 28 heavy (non-hydrogen) atoms. The lowest BCUT2D eigenvalue weighted by Crippen LogP contribution is -2.31. The van der Waals surface area contributed by atoms with Gasteiger partial charge in [-0.25, -0.2) is 9.78 Å². The molecule has 2 N–H and O–H groups in total. The quantitative estimate of drug-likeness (QED) is 0.282. The number of aliphatic carboxylic acids is 1. The number of aromatic nitrogens is 1. The van der Waals surface area contributed by atoms with Crippen LogP contribution in [0.25, 0.3) is 0 Å². The van der Waals surface area contributed by atoms with Crippen LogP contribution in [0.15, 0.2) is 40.3 Å². The number of rotatable bonds is 13. The third-order valence-corrected chi connectivity index (χ3v) is 5.94. The van der Waals surface area contributed by atoms with E-state index < -0.39 is 12.0 Å². The van der Waals surface area contributed by atoms with E-state index in [9.17, 15) is 9.90 Å². The molecule has 0 aliphatic carbocycles. The molecular formula is C22H34N2O2S2. The van der Waals surface area contributed by atoms with Gasteiger partial charge in [0.1, 0.15) is 11.9 Å². The number of thioether (sulfide) groups is 1. The second kappa shape index (κ2) is 13.6. The molecule has 1 heterocycles. The summed E-state index contributed by atoms with van der Waals surface area (Å²) in [5.41, 5.74) is 4.19. The number of nitrogens with one attached hydrogen (secondary N) is 1. The van der Waals surface area contributed by atoms with E-state index in [0.29, 0.717) is 11.6 Å². The Bertz CT molecular complexity index is 701. The highest BCUT2D eigenvalue weighted by Crippen LogP contribution is 2.16. The number of carboxylic acid groups (broad SMARTS) is 1. The van der Waals surface area contributed by atoms with Gasteiger partial charge in [-0.1, -0.05) is 34.9 Å². The SMILES string of the molecule is CC(C)=CCC/C(C)=C/CC/C(C)=C/CSCC(Nc1csc(C)n1)C(=O)O. The Morgan fingerprint density at radius 3 is 2.39 bits per heavy atom. The largest absolute Gasteiger partial charge is 0.480 e. The third kappa shape index (κ3) is 11.3. The fraction of sp³-hybridized carbons (Fsp3) is 0.545. The van der Waals surface area contributed by atoms with Crippen molar-refractivity contribution in [3.05, 3.63) is 45.3 Å². The van der Waals surface area contributed by atoms with Gasteiger partial charge in [0.2, 0.25) is 0 Å². The van der Waals surface area contributed by atoms with Crippen LogP contribution in [0.3, 0.4) is 0 Å². The second-order valence-corrected chi connectivity index (χ2v) is 9.42. The molecule has 1 aromatic rings. The first-order chi connectivity index (χ1) is 13.3. The smallest absolute Gasteiger partial charge is 0.327 e. The summed E-state index contributed by atoms with van der Waals surface area (Å²) in [7, 11) is 0. The Kier molecular flexibility index (Phi) is 11.9. The monoisotopic (exact) mass is 422 g/mol. The number of aryl methyl sites for hydroxylation is 1. The van der Waals surface area contributed by atoms with Crippen LogP contribution >= 0.6 is 23.1 Å². The van der Waals surface area contributed by atoms with Gasteiger partial charge in [0.25, 0.3) is 0 Å². The van der Waals surface area contributed by atoms with Crippen molar-refractivity contribution in [3.63, 3.8) is 0 Å². The molecule has 1 atom stereocenters. The lowest BCUT2D eigenvalue weighted by molar-refractivity contribution is -0.137. The van der Waals surface area contributed by atoms with Gasteiger partial charge in [-0.05, 0) is 60.3 Å². The minimum atomic E-state index is -0.840. The van der Waals surface area contributed by atoms with E-state index in [1.54, 1.807) is 11.8 Å². The van der Waals surface area contributed by atoms with Crippen molar-refractivity contribution < 1.29 is 9.90 Å². The Labute approximate surface area is 178 Å². The van der Waals surface area contributed by atoms with E-state index in [-0.39, 0.29) is 0 Å². The molecule has 0 aliphatic rings. The predicted octanol–water partition coefficient (Wildman–Crippen LogP) is 6.47. The van der Waals surface area contributed by atoms with Crippen molar-refractivity contribution in [1.82, 2.24) is 4.98 Å². The fourth-order valence-corrected chi connectivity index (χ4v) is 4.06. The number of hydrogen-bond donors (Lipinski definition) is 2. The average molecular weight is 423 g/mol. The summed E-state index contributed by atoms with van der Waals surface area (Å²) in [6.45, 7) is 10.5. The second-order valence-electron chi connectivity index (χ2n) is 7.28. The molecule has 0 bridgehead atoms. The van der Waals surface area contributed by atoms with Crippen molar-refractivity contribution in [3.8, 4) is 0 Å². The van der Waals surface area contributed by atoms with Gasteiger partial charge < -0.3 is 10.4 Å². The van der Waals surface area contributed by atoms with Crippen molar-refractivity contribution in [2.24, 2.45) is 0 Å². The summed E-state index contributed by atoms with van der Waals surface area (Å²) in [5, 5.41) is 15.2. The molecule has 1 aromatic heterocycles. The molecule has 1 rings (SSSR count). The van der Waals surface area contributed by atoms with Crippen LogP contribution in [0, 0.1) is 6.92 Å². The molecule has 0 amide bonds. The molecule has 0 radical (unpaired) electrons. The Balaban J connectivity index is 2.30. The van der Waals surface area contributed by atoms with E-state index in [1.165, 1.54) is 28.1 Å². The van der Waals surface area contributed by atoms with E-state index in [1.807, 2.05) is 12.3 Å². The maximum atomic E-state index is 11.4. The van der Waals surface area contributed by atoms with Gasteiger partial charge in [0.05, 0.1) is 5.01 Å². The number of anilines is 1. The van der Waals surface area contributed by atoms with E-state index >= 15 is 0 Å². The number of carbonyl (C=O) groups is 1. The number of thiazole rings is 1.